The molecule has 0 N–H and O–H groups in total. The maximum absolute atomic E-state index is 8.79. The van der Waals surface area contributed by atoms with E-state index in [2.05, 4.69) is 13.0 Å². The number of nitriles is 1. The minimum absolute atomic E-state index is 0.266. The third kappa shape index (κ3) is 3.56. The van der Waals surface area contributed by atoms with E-state index in [-0.39, 0.29) is 5.92 Å². The summed E-state index contributed by atoms with van der Waals surface area (Å²) in [6, 6.07) is 9.81. The van der Waals surface area contributed by atoms with Gasteiger partial charge in [-0.05, 0) is 31.0 Å². The Labute approximate surface area is 115 Å². The Hall–Kier alpha value is -1.37. The monoisotopic (exact) mass is 259 g/mol. The lowest BCUT2D eigenvalue weighted by atomic mass is 9.98. The summed E-state index contributed by atoms with van der Waals surface area (Å²) in [5.74, 6) is -0.151. The molecule has 0 bridgehead atoms. The van der Waals surface area contributed by atoms with Crippen molar-refractivity contribution in [3.63, 3.8) is 0 Å². The van der Waals surface area contributed by atoms with E-state index in [9.17, 15) is 0 Å². The number of hydrogen-bond donors (Lipinski definition) is 0. The molecule has 2 rings (SSSR count). The third-order valence-corrected chi connectivity index (χ3v) is 3.68. The summed E-state index contributed by atoms with van der Waals surface area (Å²) in [5.41, 5.74) is 1.87. The van der Waals surface area contributed by atoms with Crippen LogP contribution in [0.25, 0.3) is 0 Å². The highest BCUT2D eigenvalue weighted by Crippen LogP contribution is 2.31. The zero-order valence-electron chi connectivity index (χ0n) is 11.7. The van der Waals surface area contributed by atoms with E-state index >= 15 is 0 Å². The van der Waals surface area contributed by atoms with Gasteiger partial charge in [-0.3, -0.25) is 0 Å². The molecular formula is C16H21NO2. The molecule has 1 aliphatic heterocycles. The summed E-state index contributed by atoms with van der Waals surface area (Å²) in [5, 5.41) is 8.79. The van der Waals surface area contributed by atoms with Crippen LogP contribution < -0.4 is 0 Å². The third-order valence-electron chi connectivity index (χ3n) is 3.68. The first-order valence-electron chi connectivity index (χ1n) is 6.95. The van der Waals surface area contributed by atoms with Crippen molar-refractivity contribution in [1.29, 1.82) is 5.26 Å². The molecule has 0 unspecified atom stereocenters. The molecule has 1 aliphatic rings. The lowest BCUT2D eigenvalue weighted by Crippen LogP contribution is -2.40. The number of benzene rings is 1. The molecule has 0 aliphatic carbocycles. The van der Waals surface area contributed by atoms with Crippen molar-refractivity contribution in [2.45, 2.75) is 44.8 Å². The number of ether oxygens (including phenoxy) is 2. The molecule has 1 aromatic rings. The molecule has 1 heterocycles. The van der Waals surface area contributed by atoms with Crippen molar-refractivity contribution in [1.82, 2.24) is 0 Å². The molecular weight excluding hydrogens is 238 g/mol. The highest BCUT2D eigenvalue weighted by atomic mass is 16.7. The van der Waals surface area contributed by atoms with Gasteiger partial charge in [0.2, 0.25) is 0 Å². The Morgan fingerprint density at radius 3 is 2.42 bits per heavy atom. The molecule has 0 atom stereocenters. The molecule has 19 heavy (non-hydrogen) atoms. The Balaban J connectivity index is 1.93. The van der Waals surface area contributed by atoms with Crippen LogP contribution >= 0.6 is 0 Å². The van der Waals surface area contributed by atoms with Gasteiger partial charge in [0.05, 0.1) is 24.8 Å². The minimum atomic E-state index is -0.418. The fraction of sp³-hybridized carbons (Fsp3) is 0.562. The first-order chi connectivity index (χ1) is 9.17. The van der Waals surface area contributed by atoms with E-state index in [0.29, 0.717) is 18.8 Å². The summed E-state index contributed by atoms with van der Waals surface area (Å²) in [6.45, 7) is 5.57. The number of rotatable bonds is 4. The van der Waals surface area contributed by atoms with Gasteiger partial charge in [-0.1, -0.05) is 25.5 Å². The first kappa shape index (κ1) is 14.0. The lowest BCUT2D eigenvalue weighted by molar-refractivity contribution is -0.265. The first-order valence-corrected chi connectivity index (χ1v) is 6.95. The van der Waals surface area contributed by atoms with Gasteiger partial charge in [0.15, 0.2) is 5.79 Å². The average molecular weight is 259 g/mol. The van der Waals surface area contributed by atoms with Crippen LogP contribution in [0.4, 0.5) is 0 Å². The second-order valence-electron chi connectivity index (χ2n) is 5.29. The standard InChI is InChI=1S/C16H21NO2/c1-3-4-9-16(2)18-11-15(12-19-16)14-7-5-13(10-17)6-8-14/h5-8,15H,3-4,9,11-12H2,1-2H3/t15-,16-. The van der Waals surface area contributed by atoms with Gasteiger partial charge in [-0.25, -0.2) is 0 Å². The molecule has 0 spiro atoms. The second-order valence-corrected chi connectivity index (χ2v) is 5.29. The number of nitrogens with zero attached hydrogens (tertiary/aromatic N) is 1. The normalized spacial score (nSPS) is 26.9. The van der Waals surface area contributed by atoms with Crippen LogP contribution in [-0.2, 0) is 9.47 Å². The van der Waals surface area contributed by atoms with Crippen LogP contribution in [0.2, 0.25) is 0 Å². The largest absolute Gasteiger partial charge is 0.350 e. The summed E-state index contributed by atoms with van der Waals surface area (Å²) in [7, 11) is 0. The van der Waals surface area contributed by atoms with Gasteiger partial charge in [0.25, 0.3) is 0 Å². The number of hydrogen-bond acceptors (Lipinski definition) is 3. The van der Waals surface area contributed by atoms with Gasteiger partial charge in [-0.2, -0.15) is 5.26 Å². The molecule has 0 saturated carbocycles. The van der Waals surface area contributed by atoms with Crippen LogP contribution in [0.3, 0.4) is 0 Å². The smallest absolute Gasteiger partial charge is 0.165 e. The van der Waals surface area contributed by atoms with Crippen molar-refractivity contribution >= 4 is 0 Å². The van der Waals surface area contributed by atoms with Gasteiger partial charge in [-0.15, -0.1) is 0 Å². The van der Waals surface area contributed by atoms with E-state index in [0.717, 1.165) is 19.3 Å². The Morgan fingerprint density at radius 1 is 1.26 bits per heavy atom. The van der Waals surface area contributed by atoms with Crippen LogP contribution in [0.15, 0.2) is 24.3 Å². The predicted octanol–water partition coefficient (Wildman–Crippen LogP) is 3.60. The quantitative estimate of drug-likeness (QED) is 0.829. The molecule has 3 heteroatoms. The lowest BCUT2D eigenvalue weighted by Gasteiger charge is -2.38. The van der Waals surface area contributed by atoms with Crippen LogP contribution in [0, 0.1) is 11.3 Å². The Kier molecular flexibility index (Phi) is 4.57. The average Bonchev–Trinajstić information content (AvgIpc) is 2.46. The fourth-order valence-corrected chi connectivity index (χ4v) is 2.31. The van der Waals surface area contributed by atoms with E-state index in [4.69, 9.17) is 14.7 Å². The highest BCUT2D eigenvalue weighted by Gasteiger charge is 2.32. The zero-order valence-corrected chi connectivity index (χ0v) is 11.7. The molecule has 1 aromatic carbocycles. The van der Waals surface area contributed by atoms with E-state index in [1.54, 1.807) is 0 Å². The summed E-state index contributed by atoms with van der Waals surface area (Å²) in [6.07, 6.45) is 3.23. The van der Waals surface area contributed by atoms with Crippen molar-refractivity contribution in [2.24, 2.45) is 0 Å². The molecule has 102 valence electrons. The van der Waals surface area contributed by atoms with Gasteiger partial charge in [0.1, 0.15) is 0 Å². The summed E-state index contributed by atoms with van der Waals surface area (Å²) < 4.78 is 11.8. The topological polar surface area (TPSA) is 42.2 Å². The van der Waals surface area contributed by atoms with E-state index in [1.165, 1.54) is 5.56 Å². The maximum Gasteiger partial charge on any atom is 0.165 e. The fourth-order valence-electron chi connectivity index (χ4n) is 2.31. The zero-order chi connectivity index (χ0) is 13.7. The minimum Gasteiger partial charge on any atom is -0.350 e. The molecule has 0 radical (unpaired) electrons. The maximum atomic E-state index is 8.79. The molecule has 1 saturated heterocycles. The predicted molar refractivity (Wildman–Crippen MR) is 73.7 cm³/mol. The molecule has 1 fully saturated rings. The van der Waals surface area contributed by atoms with Crippen LogP contribution in [0.1, 0.15) is 50.2 Å². The Morgan fingerprint density at radius 2 is 1.89 bits per heavy atom. The second kappa shape index (κ2) is 6.18. The van der Waals surface area contributed by atoms with Crippen molar-refractivity contribution in [3.8, 4) is 6.07 Å². The highest BCUT2D eigenvalue weighted by molar-refractivity contribution is 5.33. The van der Waals surface area contributed by atoms with Gasteiger partial charge >= 0.3 is 0 Å². The number of unbranched alkanes of at least 4 members (excludes halogenated alkanes) is 1. The Bertz CT molecular complexity index is 439. The molecule has 0 aromatic heterocycles. The van der Waals surface area contributed by atoms with Crippen LogP contribution in [-0.4, -0.2) is 19.0 Å². The summed E-state index contributed by atoms with van der Waals surface area (Å²) >= 11 is 0. The van der Waals surface area contributed by atoms with Crippen LogP contribution in [0.5, 0.6) is 0 Å². The molecule has 0 amide bonds. The summed E-state index contributed by atoms with van der Waals surface area (Å²) in [4.78, 5) is 0. The van der Waals surface area contributed by atoms with Gasteiger partial charge in [0, 0.05) is 12.3 Å². The SMILES string of the molecule is CCCC[C@]1(C)OC[C@@H](c2ccc(C#N)cc2)CO1. The van der Waals surface area contributed by atoms with Gasteiger partial charge < -0.3 is 9.47 Å². The van der Waals surface area contributed by atoms with Crippen molar-refractivity contribution in [2.75, 3.05) is 13.2 Å². The van der Waals surface area contributed by atoms with Crippen molar-refractivity contribution < 1.29 is 9.47 Å². The van der Waals surface area contributed by atoms with Crippen molar-refractivity contribution in [3.05, 3.63) is 35.4 Å². The van der Waals surface area contributed by atoms with E-state index in [1.807, 2.05) is 31.2 Å². The van der Waals surface area contributed by atoms with E-state index < -0.39 is 5.79 Å². The molecule has 3 nitrogen and oxygen atoms in total.